The molecule has 1 fully saturated rings. The number of ether oxygens (including phenoxy) is 2. The van der Waals surface area contributed by atoms with Crippen molar-refractivity contribution in [1.29, 1.82) is 0 Å². The maximum absolute atomic E-state index is 10.2. The fourth-order valence-corrected chi connectivity index (χ4v) is 3.47. The lowest BCUT2D eigenvalue weighted by Crippen LogP contribution is -2.43. The minimum absolute atomic E-state index is 0.118. The van der Waals surface area contributed by atoms with Crippen molar-refractivity contribution in [3.05, 3.63) is 58.3 Å². The Labute approximate surface area is 141 Å². The van der Waals surface area contributed by atoms with Crippen molar-refractivity contribution < 1.29 is 14.6 Å². The molecule has 0 unspecified atom stereocenters. The van der Waals surface area contributed by atoms with E-state index >= 15 is 0 Å². The molecule has 3 rings (SSSR count). The Morgan fingerprint density at radius 1 is 1.30 bits per heavy atom. The number of β-amino-alcohol motifs (C(OH)–C–C–N with tert-alkyl or cyclic N) is 1. The van der Waals surface area contributed by atoms with Gasteiger partial charge >= 0.3 is 0 Å². The van der Waals surface area contributed by atoms with Crippen LogP contribution in [-0.2, 0) is 16.1 Å². The van der Waals surface area contributed by atoms with Crippen molar-refractivity contribution in [2.24, 2.45) is 0 Å². The highest BCUT2D eigenvalue weighted by molar-refractivity contribution is 7.07. The Kier molecular flexibility index (Phi) is 6.19. The van der Waals surface area contributed by atoms with Gasteiger partial charge in [0.1, 0.15) is 0 Å². The molecule has 1 saturated heterocycles. The van der Waals surface area contributed by atoms with Crippen LogP contribution in [0.3, 0.4) is 0 Å². The van der Waals surface area contributed by atoms with Gasteiger partial charge in [0.2, 0.25) is 0 Å². The summed E-state index contributed by atoms with van der Waals surface area (Å²) in [5.74, 6) is 0. The van der Waals surface area contributed by atoms with Crippen molar-refractivity contribution >= 4 is 11.3 Å². The maximum atomic E-state index is 10.2. The number of thiophene rings is 1. The van der Waals surface area contributed by atoms with Crippen molar-refractivity contribution in [1.82, 2.24) is 4.90 Å². The van der Waals surface area contributed by atoms with Crippen LogP contribution in [0.4, 0.5) is 0 Å². The van der Waals surface area contributed by atoms with E-state index in [9.17, 15) is 5.11 Å². The van der Waals surface area contributed by atoms with E-state index in [-0.39, 0.29) is 6.10 Å². The summed E-state index contributed by atoms with van der Waals surface area (Å²) in [5, 5.41) is 14.4. The van der Waals surface area contributed by atoms with Crippen LogP contribution in [0.2, 0.25) is 0 Å². The smallest absolute Gasteiger partial charge is 0.0960 e. The zero-order valence-electron chi connectivity index (χ0n) is 13.1. The van der Waals surface area contributed by atoms with Crippen LogP contribution in [0.5, 0.6) is 0 Å². The molecule has 1 aliphatic rings. The van der Waals surface area contributed by atoms with E-state index in [1.807, 2.05) is 30.3 Å². The first kappa shape index (κ1) is 16.6. The molecule has 23 heavy (non-hydrogen) atoms. The Hall–Kier alpha value is -1.24. The zero-order chi connectivity index (χ0) is 15.9. The van der Waals surface area contributed by atoms with Gasteiger partial charge in [-0.25, -0.2) is 0 Å². The fourth-order valence-electron chi connectivity index (χ4n) is 2.77. The van der Waals surface area contributed by atoms with Gasteiger partial charge in [-0.05, 0) is 28.0 Å². The largest absolute Gasteiger partial charge is 0.389 e. The molecule has 5 heteroatoms. The Morgan fingerprint density at radius 3 is 2.96 bits per heavy atom. The number of benzene rings is 1. The average molecular weight is 333 g/mol. The van der Waals surface area contributed by atoms with Crippen molar-refractivity contribution in [3.63, 3.8) is 0 Å². The molecule has 124 valence electrons. The van der Waals surface area contributed by atoms with Gasteiger partial charge in [-0.2, -0.15) is 11.3 Å². The topological polar surface area (TPSA) is 41.9 Å². The van der Waals surface area contributed by atoms with Gasteiger partial charge in [0.05, 0.1) is 32.0 Å². The van der Waals surface area contributed by atoms with Crippen molar-refractivity contribution in [3.8, 4) is 0 Å². The molecule has 1 aliphatic heterocycles. The highest BCUT2D eigenvalue weighted by Crippen LogP contribution is 2.24. The van der Waals surface area contributed by atoms with E-state index in [1.165, 1.54) is 5.56 Å². The van der Waals surface area contributed by atoms with E-state index < -0.39 is 6.10 Å². The molecule has 1 N–H and O–H groups in total. The fraction of sp³-hybridized carbons (Fsp3) is 0.444. The summed E-state index contributed by atoms with van der Waals surface area (Å²) in [6.45, 7) is 3.91. The molecule has 2 aromatic rings. The van der Waals surface area contributed by atoms with Crippen LogP contribution in [0, 0.1) is 0 Å². The van der Waals surface area contributed by atoms with Gasteiger partial charge in [0, 0.05) is 19.6 Å². The number of rotatable bonds is 7. The summed E-state index contributed by atoms with van der Waals surface area (Å²) in [4.78, 5) is 2.25. The molecule has 0 aliphatic carbocycles. The van der Waals surface area contributed by atoms with Gasteiger partial charge in [0.25, 0.3) is 0 Å². The number of hydrogen-bond donors (Lipinski definition) is 1. The first-order chi connectivity index (χ1) is 11.3. The third-order valence-electron chi connectivity index (χ3n) is 3.96. The van der Waals surface area contributed by atoms with Gasteiger partial charge < -0.3 is 14.6 Å². The summed E-state index contributed by atoms with van der Waals surface area (Å²) in [7, 11) is 0. The second-order valence-corrected chi connectivity index (χ2v) is 6.61. The second-order valence-electron chi connectivity index (χ2n) is 5.83. The van der Waals surface area contributed by atoms with Crippen molar-refractivity contribution in [2.45, 2.75) is 18.8 Å². The molecule has 2 atom stereocenters. The molecular weight excluding hydrogens is 310 g/mol. The molecule has 0 saturated carbocycles. The van der Waals surface area contributed by atoms with Crippen LogP contribution in [0.15, 0.2) is 47.2 Å². The van der Waals surface area contributed by atoms with E-state index in [2.05, 4.69) is 21.7 Å². The Balaban J connectivity index is 1.40. The van der Waals surface area contributed by atoms with Crippen molar-refractivity contribution in [2.75, 3.05) is 32.8 Å². The second kappa shape index (κ2) is 8.57. The molecular formula is C18H23NO3S. The van der Waals surface area contributed by atoms with Gasteiger partial charge in [-0.1, -0.05) is 30.3 Å². The quantitative estimate of drug-likeness (QED) is 0.846. The van der Waals surface area contributed by atoms with E-state index in [0.717, 1.165) is 18.7 Å². The van der Waals surface area contributed by atoms with E-state index in [4.69, 9.17) is 9.47 Å². The predicted octanol–water partition coefficient (Wildman–Crippen LogP) is 2.70. The molecule has 1 aromatic carbocycles. The minimum Gasteiger partial charge on any atom is -0.389 e. The Morgan fingerprint density at radius 2 is 2.17 bits per heavy atom. The summed E-state index contributed by atoms with van der Waals surface area (Å²) >= 11 is 1.69. The monoisotopic (exact) mass is 333 g/mol. The average Bonchev–Trinajstić information content (AvgIpc) is 3.11. The zero-order valence-corrected chi connectivity index (χ0v) is 14.0. The first-order valence-electron chi connectivity index (χ1n) is 7.97. The van der Waals surface area contributed by atoms with Crippen LogP contribution < -0.4 is 0 Å². The molecule has 4 nitrogen and oxygen atoms in total. The van der Waals surface area contributed by atoms with Crippen LogP contribution in [0.1, 0.15) is 17.2 Å². The number of hydrogen-bond acceptors (Lipinski definition) is 5. The predicted molar refractivity (Wildman–Crippen MR) is 91.6 cm³/mol. The summed E-state index contributed by atoms with van der Waals surface area (Å²) in [6.07, 6.45) is -0.354. The summed E-state index contributed by atoms with van der Waals surface area (Å²) in [5.41, 5.74) is 2.36. The normalized spacial score (nSPS) is 20.5. The summed E-state index contributed by atoms with van der Waals surface area (Å²) in [6, 6.07) is 12.1. The lowest BCUT2D eigenvalue weighted by atomic mass is 10.1. The van der Waals surface area contributed by atoms with Crippen LogP contribution in [0.25, 0.3) is 0 Å². The lowest BCUT2D eigenvalue weighted by Gasteiger charge is -2.33. The van der Waals surface area contributed by atoms with E-state index in [0.29, 0.717) is 26.4 Å². The molecule has 0 radical (unpaired) electrons. The number of aliphatic hydroxyl groups is 1. The first-order valence-corrected chi connectivity index (χ1v) is 8.91. The third-order valence-corrected chi connectivity index (χ3v) is 4.66. The summed E-state index contributed by atoms with van der Waals surface area (Å²) < 4.78 is 11.4. The van der Waals surface area contributed by atoms with Gasteiger partial charge in [-0.3, -0.25) is 4.90 Å². The van der Waals surface area contributed by atoms with E-state index in [1.54, 1.807) is 11.3 Å². The molecule has 0 bridgehead atoms. The van der Waals surface area contributed by atoms with Gasteiger partial charge in [-0.15, -0.1) is 0 Å². The number of aliphatic hydroxyl groups excluding tert-OH is 1. The maximum Gasteiger partial charge on any atom is 0.0960 e. The standard InChI is InChI=1S/C18H23NO3S/c20-17(13-21-12-15-4-2-1-3-5-15)10-19-7-8-22-18(11-19)16-6-9-23-14-16/h1-6,9,14,17-18,20H,7-8,10-13H2/t17-,18+/m1/s1. The molecule has 2 heterocycles. The minimum atomic E-state index is -0.472. The molecule has 0 amide bonds. The van der Waals surface area contributed by atoms with Crippen LogP contribution in [-0.4, -0.2) is 49.0 Å². The number of morpholine rings is 1. The lowest BCUT2D eigenvalue weighted by molar-refractivity contribution is -0.0535. The third kappa shape index (κ3) is 5.12. The SMILES string of the molecule is O[C@@H](COCc1ccccc1)CN1CCO[C@H](c2ccsc2)C1. The van der Waals surface area contributed by atoms with Gasteiger partial charge in [0.15, 0.2) is 0 Å². The highest BCUT2D eigenvalue weighted by Gasteiger charge is 2.23. The van der Waals surface area contributed by atoms with Crippen LogP contribution >= 0.6 is 11.3 Å². The molecule has 1 aromatic heterocycles. The number of nitrogens with zero attached hydrogens (tertiary/aromatic N) is 1. The molecule has 0 spiro atoms. The highest BCUT2D eigenvalue weighted by atomic mass is 32.1. The Bertz CT molecular complexity index is 561.